The zero-order valence-electron chi connectivity index (χ0n) is 23.8. The molecule has 6 unspecified atom stereocenters. The summed E-state index contributed by atoms with van der Waals surface area (Å²) < 4.78 is 0. The summed E-state index contributed by atoms with van der Waals surface area (Å²) in [5.41, 5.74) is 4.83. The van der Waals surface area contributed by atoms with Crippen LogP contribution in [0.1, 0.15) is 87.0 Å². The van der Waals surface area contributed by atoms with Crippen LogP contribution in [0.2, 0.25) is 0 Å². The van der Waals surface area contributed by atoms with Gasteiger partial charge in [0, 0.05) is 18.0 Å². The number of carboxylic acid groups (broad SMARTS) is 1. The largest absolute Gasteiger partial charge is 0.504 e. The van der Waals surface area contributed by atoms with E-state index in [1.54, 1.807) is 6.08 Å². The van der Waals surface area contributed by atoms with Crippen molar-refractivity contribution in [3.05, 3.63) is 46.3 Å². The van der Waals surface area contributed by atoms with Crippen LogP contribution < -0.4 is 5.32 Å². The molecule has 0 aromatic carbocycles. The lowest BCUT2D eigenvalue weighted by Crippen LogP contribution is -2.51. The lowest BCUT2D eigenvalue weighted by atomic mass is 9.44. The zero-order valence-corrected chi connectivity index (χ0v) is 23.8. The summed E-state index contributed by atoms with van der Waals surface area (Å²) in [4.78, 5) is 31.8. The number of fused-ring (bicyclic) bond motifs is 2. The highest BCUT2D eigenvalue weighted by molar-refractivity contribution is 6.31. The van der Waals surface area contributed by atoms with Gasteiger partial charge in [-0.2, -0.15) is 0 Å². The number of carbonyl (C=O) groups is 3. The molecular weight excluding hydrogens is 466 g/mol. The SMILES string of the molecule is CCC1(C)C2=CC(=O)C(O)=C(C)C2=CC=C1C1(C)CCC2(C)CCC(C)CC2C1C.CNC(=O)C(=O)O. The van der Waals surface area contributed by atoms with E-state index < -0.39 is 11.9 Å². The molecule has 2 fully saturated rings. The van der Waals surface area contributed by atoms with Crippen LogP contribution in [0.25, 0.3) is 0 Å². The molecule has 4 aliphatic rings. The van der Waals surface area contributed by atoms with Crippen LogP contribution in [0.4, 0.5) is 0 Å². The number of rotatable bonds is 2. The maximum Gasteiger partial charge on any atom is 0.394 e. The fourth-order valence-electron chi connectivity index (χ4n) is 7.58. The van der Waals surface area contributed by atoms with E-state index in [0.29, 0.717) is 11.3 Å². The van der Waals surface area contributed by atoms with E-state index in [2.05, 4.69) is 53.7 Å². The highest BCUT2D eigenvalue weighted by Gasteiger charge is 2.56. The Balaban J connectivity index is 0.000000479. The smallest absolute Gasteiger partial charge is 0.394 e. The molecule has 6 heteroatoms. The number of aliphatic hydroxyl groups is 1. The first-order valence-corrected chi connectivity index (χ1v) is 13.7. The van der Waals surface area contributed by atoms with E-state index in [1.165, 1.54) is 44.7 Å². The van der Waals surface area contributed by atoms with Gasteiger partial charge in [-0.1, -0.05) is 65.7 Å². The molecule has 4 aliphatic carbocycles. The van der Waals surface area contributed by atoms with Gasteiger partial charge in [-0.3, -0.25) is 9.59 Å². The van der Waals surface area contributed by atoms with Crippen LogP contribution in [-0.2, 0) is 14.4 Å². The minimum atomic E-state index is -1.46. The minimum Gasteiger partial charge on any atom is -0.504 e. The average Bonchev–Trinajstić information content (AvgIpc) is 2.87. The quantitative estimate of drug-likeness (QED) is 0.377. The summed E-state index contributed by atoms with van der Waals surface area (Å²) in [6.45, 7) is 16.4. The highest BCUT2D eigenvalue weighted by atomic mass is 16.4. The molecule has 0 radical (unpaired) electrons. The molecule has 204 valence electrons. The fourth-order valence-corrected chi connectivity index (χ4v) is 7.58. The second-order valence-corrected chi connectivity index (χ2v) is 12.5. The molecule has 37 heavy (non-hydrogen) atoms. The van der Waals surface area contributed by atoms with E-state index in [4.69, 9.17) is 5.11 Å². The van der Waals surface area contributed by atoms with Crippen LogP contribution in [-0.4, -0.2) is 34.9 Å². The lowest BCUT2D eigenvalue weighted by Gasteiger charge is -2.60. The van der Waals surface area contributed by atoms with Gasteiger partial charge in [0.1, 0.15) is 0 Å². The summed E-state index contributed by atoms with van der Waals surface area (Å²) in [7, 11) is 1.26. The van der Waals surface area contributed by atoms with Crippen molar-refractivity contribution < 1.29 is 24.6 Å². The van der Waals surface area contributed by atoms with Crippen LogP contribution >= 0.6 is 0 Å². The maximum absolute atomic E-state index is 12.5. The van der Waals surface area contributed by atoms with E-state index in [-0.39, 0.29) is 22.4 Å². The molecule has 6 atom stereocenters. The average molecular weight is 512 g/mol. The van der Waals surface area contributed by atoms with E-state index in [0.717, 1.165) is 35.0 Å². The van der Waals surface area contributed by atoms with Gasteiger partial charge >= 0.3 is 11.9 Å². The summed E-state index contributed by atoms with van der Waals surface area (Å²) in [5.74, 6) is -0.564. The zero-order chi connectivity index (χ0) is 27.9. The Kier molecular flexibility index (Phi) is 8.03. The number of aliphatic hydroxyl groups excluding tert-OH is 1. The van der Waals surface area contributed by atoms with Crippen molar-refractivity contribution in [3.8, 4) is 0 Å². The molecule has 1 amide bonds. The molecule has 0 aromatic heterocycles. The molecule has 3 N–H and O–H groups in total. The molecule has 0 saturated heterocycles. The third-order valence-electron chi connectivity index (χ3n) is 10.5. The number of aliphatic carboxylic acids is 1. The number of hydrogen-bond acceptors (Lipinski definition) is 4. The Morgan fingerprint density at radius 2 is 1.76 bits per heavy atom. The number of hydrogen-bond donors (Lipinski definition) is 3. The van der Waals surface area contributed by atoms with Crippen LogP contribution in [0.3, 0.4) is 0 Å². The standard InChI is InChI=1S/C28H40O2.C3H5NO3/c1-8-27(6)22-16-23(29)25(30)18(3)20(22)9-10-24(27)28(7)14-13-26(5)12-11-17(2)15-21(26)19(28)4;1-4-2(5)3(6)7/h9-10,16-17,19,21,30H,8,11-15H2,1-7H3;1H3,(H,4,5)(H,6,7). The highest BCUT2D eigenvalue weighted by Crippen LogP contribution is 2.65. The van der Waals surface area contributed by atoms with Gasteiger partial charge < -0.3 is 15.5 Å². The predicted octanol–water partition coefficient (Wildman–Crippen LogP) is 6.31. The number of ketones is 1. The first-order valence-electron chi connectivity index (χ1n) is 13.7. The van der Waals surface area contributed by atoms with Gasteiger partial charge in [0.25, 0.3) is 0 Å². The number of allylic oxidation sites excluding steroid dienone is 7. The van der Waals surface area contributed by atoms with Crippen molar-refractivity contribution in [3.63, 3.8) is 0 Å². The van der Waals surface area contributed by atoms with Crippen LogP contribution in [0, 0.1) is 34.0 Å². The van der Waals surface area contributed by atoms with E-state index in [9.17, 15) is 19.5 Å². The van der Waals surface area contributed by atoms with Crippen molar-refractivity contribution >= 4 is 17.7 Å². The maximum atomic E-state index is 12.5. The van der Waals surface area contributed by atoms with Crippen molar-refractivity contribution in [2.24, 2.45) is 34.0 Å². The third-order valence-corrected chi connectivity index (χ3v) is 10.5. The number of amides is 1. The summed E-state index contributed by atoms with van der Waals surface area (Å²) >= 11 is 0. The molecule has 0 aromatic rings. The second-order valence-electron chi connectivity index (χ2n) is 12.5. The Morgan fingerprint density at radius 1 is 1.11 bits per heavy atom. The number of carbonyl (C=O) groups excluding carboxylic acids is 2. The van der Waals surface area contributed by atoms with Crippen molar-refractivity contribution in [2.75, 3.05) is 7.05 Å². The molecular formula is C31H45NO5. The lowest BCUT2D eigenvalue weighted by molar-refractivity contribution is -0.149. The van der Waals surface area contributed by atoms with Crippen molar-refractivity contribution in [2.45, 2.75) is 87.0 Å². The van der Waals surface area contributed by atoms with Gasteiger partial charge in [0.05, 0.1) is 0 Å². The predicted molar refractivity (Wildman–Crippen MR) is 146 cm³/mol. The number of nitrogens with one attached hydrogen (secondary N) is 1. The minimum absolute atomic E-state index is 0.0930. The summed E-state index contributed by atoms with van der Waals surface area (Å²) in [5, 5.41) is 19.9. The van der Waals surface area contributed by atoms with Gasteiger partial charge in [-0.05, 0) is 84.8 Å². The number of likely N-dealkylation sites (N-methyl/N-ethyl adjacent to an activating group) is 1. The monoisotopic (exact) mass is 511 g/mol. The van der Waals surface area contributed by atoms with E-state index >= 15 is 0 Å². The molecule has 0 aliphatic heterocycles. The van der Waals surface area contributed by atoms with Crippen molar-refractivity contribution in [1.29, 1.82) is 0 Å². The normalized spacial score (nSPS) is 37.1. The first kappa shape index (κ1) is 28.9. The van der Waals surface area contributed by atoms with Gasteiger partial charge in [0.15, 0.2) is 5.76 Å². The first-order chi connectivity index (χ1) is 17.2. The van der Waals surface area contributed by atoms with Crippen LogP contribution in [0.15, 0.2) is 46.3 Å². The Labute approximate surface area is 222 Å². The van der Waals surface area contributed by atoms with Gasteiger partial charge in [0.2, 0.25) is 5.78 Å². The molecule has 4 rings (SSSR count). The molecule has 0 spiro atoms. The Bertz CT molecular complexity index is 1110. The Morgan fingerprint density at radius 3 is 2.30 bits per heavy atom. The van der Waals surface area contributed by atoms with E-state index in [1.807, 2.05) is 12.2 Å². The fraction of sp³-hybridized carbons (Fsp3) is 0.645. The number of carboxylic acids is 1. The van der Waals surface area contributed by atoms with Gasteiger partial charge in [-0.15, -0.1) is 0 Å². The summed E-state index contributed by atoms with van der Waals surface area (Å²) in [6.07, 6.45) is 13.8. The van der Waals surface area contributed by atoms with Crippen molar-refractivity contribution in [1.82, 2.24) is 5.32 Å². The molecule has 0 heterocycles. The third kappa shape index (κ3) is 4.84. The molecule has 0 bridgehead atoms. The molecule has 6 nitrogen and oxygen atoms in total. The summed E-state index contributed by atoms with van der Waals surface area (Å²) in [6, 6.07) is 0. The second kappa shape index (κ2) is 10.3. The topological polar surface area (TPSA) is 104 Å². The molecule has 2 saturated carbocycles. The van der Waals surface area contributed by atoms with Gasteiger partial charge in [-0.25, -0.2) is 4.79 Å². The van der Waals surface area contributed by atoms with Crippen LogP contribution in [0.5, 0.6) is 0 Å². The Hall–Kier alpha value is -2.63.